The summed E-state index contributed by atoms with van der Waals surface area (Å²) in [4.78, 5) is 22.4. The number of ether oxygens (including phenoxy) is 1. The summed E-state index contributed by atoms with van der Waals surface area (Å²) in [6, 6.07) is 0. The maximum atomic E-state index is 11.8. The first kappa shape index (κ1) is 14.2. The number of carbonyl (C=O) groups excluding carboxylic acids is 2. The first-order valence-corrected chi connectivity index (χ1v) is 7.56. The molecule has 0 aromatic carbocycles. The Labute approximate surface area is 101 Å². The van der Waals surface area contributed by atoms with Gasteiger partial charge in [-0.3, -0.25) is 9.59 Å². The van der Waals surface area contributed by atoms with Gasteiger partial charge in [0, 0.05) is 0 Å². The van der Waals surface area contributed by atoms with Gasteiger partial charge in [0.2, 0.25) is 0 Å². The van der Waals surface area contributed by atoms with Gasteiger partial charge in [-0.15, -0.1) is 0 Å². The van der Waals surface area contributed by atoms with Gasteiger partial charge >= 0.3 is 5.97 Å². The van der Waals surface area contributed by atoms with Gasteiger partial charge in [-0.2, -0.15) is 0 Å². The normalized spacial score (nSPS) is 17.0. The molecule has 1 rings (SSSR count). The van der Waals surface area contributed by atoms with Crippen LogP contribution in [0.15, 0.2) is 0 Å². The second kappa shape index (κ2) is 6.14. The third-order valence-electron chi connectivity index (χ3n) is 2.82. The lowest BCUT2D eigenvalue weighted by molar-refractivity contribution is -0.145. The molecular weight excluding hydrogens is 244 g/mol. The molecule has 0 radical (unpaired) electrons. The van der Waals surface area contributed by atoms with Gasteiger partial charge in [0.1, 0.15) is 12.2 Å². The van der Waals surface area contributed by atoms with E-state index in [1.807, 2.05) is 0 Å². The third kappa shape index (κ3) is 4.46. The van der Waals surface area contributed by atoms with Gasteiger partial charge < -0.3 is 4.74 Å². The molecule has 0 aromatic heterocycles. The van der Waals surface area contributed by atoms with E-state index >= 15 is 0 Å². The van der Waals surface area contributed by atoms with Crippen LogP contribution in [0.2, 0.25) is 0 Å². The van der Waals surface area contributed by atoms with E-state index in [2.05, 4.69) is 4.74 Å². The number of ketones is 1. The van der Waals surface area contributed by atoms with Crippen molar-refractivity contribution in [2.75, 3.05) is 12.4 Å². The average molecular weight is 262 g/mol. The Morgan fingerprint density at radius 1 is 1.24 bits per heavy atom. The molecule has 0 aromatic rings. The van der Waals surface area contributed by atoms with Gasteiger partial charge in [-0.25, -0.2) is 8.42 Å². The van der Waals surface area contributed by atoms with E-state index in [9.17, 15) is 18.0 Å². The Kier molecular flexibility index (Phi) is 5.11. The van der Waals surface area contributed by atoms with Crippen LogP contribution in [0.3, 0.4) is 0 Å². The predicted octanol–water partition coefficient (Wildman–Crippen LogP) is 0.866. The van der Waals surface area contributed by atoms with E-state index in [0.29, 0.717) is 12.8 Å². The zero-order chi connectivity index (χ0) is 12.9. The maximum Gasteiger partial charge on any atom is 0.313 e. The minimum absolute atomic E-state index is 0.196. The molecule has 1 saturated carbocycles. The van der Waals surface area contributed by atoms with Crippen molar-refractivity contribution in [2.45, 2.75) is 44.3 Å². The number of rotatable bonds is 6. The first-order valence-electron chi connectivity index (χ1n) is 5.84. The molecule has 0 saturated heterocycles. The van der Waals surface area contributed by atoms with Crippen LogP contribution in [-0.2, 0) is 24.2 Å². The molecule has 1 aliphatic rings. The second-order valence-electron chi connectivity index (χ2n) is 4.23. The minimum atomic E-state index is -3.38. The lowest BCUT2D eigenvalue weighted by Crippen LogP contribution is -2.27. The van der Waals surface area contributed by atoms with E-state index in [1.54, 1.807) is 6.92 Å². The highest BCUT2D eigenvalue weighted by Crippen LogP contribution is 2.25. The summed E-state index contributed by atoms with van der Waals surface area (Å²) >= 11 is 0. The summed E-state index contributed by atoms with van der Waals surface area (Å²) in [5, 5.41) is -0.395. The molecule has 0 spiro atoms. The summed E-state index contributed by atoms with van der Waals surface area (Å²) in [6.07, 6.45) is 2.62. The van der Waals surface area contributed by atoms with Gasteiger partial charge in [-0.1, -0.05) is 12.8 Å². The van der Waals surface area contributed by atoms with Gasteiger partial charge in [0.25, 0.3) is 0 Å². The Morgan fingerprint density at radius 3 is 2.35 bits per heavy atom. The van der Waals surface area contributed by atoms with Crippen molar-refractivity contribution in [3.63, 3.8) is 0 Å². The molecule has 1 fully saturated rings. The molecule has 98 valence electrons. The van der Waals surface area contributed by atoms with Crippen LogP contribution in [0.25, 0.3) is 0 Å². The summed E-state index contributed by atoms with van der Waals surface area (Å²) in [5.41, 5.74) is 0. The third-order valence-corrected chi connectivity index (χ3v) is 5.03. The molecule has 0 heterocycles. The standard InChI is InChI=1S/C11H18O5S/c1-2-16-11(13)7-9(12)8-17(14,15)10-5-3-4-6-10/h10H,2-8H2,1H3. The fraction of sp³-hybridized carbons (Fsp3) is 0.818. The Hall–Kier alpha value is -0.910. The molecule has 0 unspecified atom stereocenters. The number of Topliss-reactive ketones (excluding diaryl/α,β-unsaturated/α-hetero) is 1. The molecule has 0 N–H and O–H groups in total. The van der Waals surface area contributed by atoms with Crippen molar-refractivity contribution in [3.05, 3.63) is 0 Å². The van der Waals surface area contributed by atoms with Crippen LogP contribution in [0.5, 0.6) is 0 Å². The first-order chi connectivity index (χ1) is 7.95. The molecule has 0 amide bonds. The zero-order valence-corrected chi connectivity index (χ0v) is 10.8. The van der Waals surface area contributed by atoms with Crippen LogP contribution in [0, 0.1) is 0 Å². The van der Waals surface area contributed by atoms with Crippen molar-refractivity contribution in [2.24, 2.45) is 0 Å². The molecule has 1 aliphatic carbocycles. The fourth-order valence-corrected chi connectivity index (χ4v) is 3.85. The molecule has 0 bridgehead atoms. The summed E-state index contributed by atoms with van der Waals surface area (Å²) < 4.78 is 28.2. The van der Waals surface area contributed by atoms with Crippen molar-refractivity contribution < 1.29 is 22.7 Å². The largest absolute Gasteiger partial charge is 0.466 e. The number of esters is 1. The van der Waals surface area contributed by atoms with Crippen LogP contribution < -0.4 is 0 Å². The highest BCUT2D eigenvalue weighted by Gasteiger charge is 2.31. The Balaban J connectivity index is 2.47. The lowest BCUT2D eigenvalue weighted by atomic mass is 10.3. The van der Waals surface area contributed by atoms with Crippen molar-refractivity contribution in [1.29, 1.82) is 0 Å². The van der Waals surface area contributed by atoms with Gasteiger partial charge in [0.15, 0.2) is 15.6 Å². The zero-order valence-electron chi connectivity index (χ0n) is 9.98. The Bertz CT molecular complexity index is 379. The Morgan fingerprint density at radius 2 is 1.82 bits per heavy atom. The monoisotopic (exact) mass is 262 g/mol. The number of hydrogen-bond acceptors (Lipinski definition) is 5. The highest BCUT2D eigenvalue weighted by atomic mass is 32.2. The van der Waals surface area contributed by atoms with E-state index in [0.717, 1.165) is 12.8 Å². The molecule has 17 heavy (non-hydrogen) atoms. The van der Waals surface area contributed by atoms with Crippen molar-refractivity contribution >= 4 is 21.6 Å². The number of hydrogen-bond donors (Lipinski definition) is 0. The van der Waals surface area contributed by atoms with Crippen LogP contribution >= 0.6 is 0 Å². The maximum absolute atomic E-state index is 11.8. The minimum Gasteiger partial charge on any atom is -0.466 e. The number of sulfone groups is 1. The number of carbonyl (C=O) groups is 2. The lowest BCUT2D eigenvalue weighted by Gasteiger charge is -2.09. The average Bonchev–Trinajstić information content (AvgIpc) is 2.69. The van der Waals surface area contributed by atoms with Crippen LogP contribution in [0.1, 0.15) is 39.0 Å². The summed E-state index contributed by atoms with van der Waals surface area (Å²) in [7, 11) is -3.38. The molecule has 0 atom stereocenters. The topological polar surface area (TPSA) is 77.5 Å². The second-order valence-corrected chi connectivity index (χ2v) is 6.52. The summed E-state index contributed by atoms with van der Waals surface area (Å²) in [6.45, 7) is 1.83. The molecule has 5 nitrogen and oxygen atoms in total. The van der Waals surface area contributed by atoms with E-state index in [4.69, 9.17) is 0 Å². The van der Waals surface area contributed by atoms with E-state index in [-0.39, 0.29) is 6.61 Å². The smallest absolute Gasteiger partial charge is 0.313 e. The van der Waals surface area contributed by atoms with E-state index < -0.39 is 39.0 Å². The molecule has 0 aliphatic heterocycles. The van der Waals surface area contributed by atoms with Gasteiger partial charge in [-0.05, 0) is 19.8 Å². The predicted molar refractivity (Wildman–Crippen MR) is 62.3 cm³/mol. The SMILES string of the molecule is CCOC(=O)CC(=O)CS(=O)(=O)C1CCCC1. The van der Waals surface area contributed by atoms with Gasteiger partial charge in [0.05, 0.1) is 11.9 Å². The van der Waals surface area contributed by atoms with Crippen LogP contribution in [-0.4, -0.2) is 37.8 Å². The van der Waals surface area contributed by atoms with E-state index in [1.165, 1.54) is 0 Å². The molecular formula is C11H18O5S. The van der Waals surface area contributed by atoms with Crippen molar-refractivity contribution in [3.8, 4) is 0 Å². The fourth-order valence-electron chi connectivity index (χ4n) is 2.01. The van der Waals surface area contributed by atoms with Crippen LogP contribution in [0.4, 0.5) is 0 Å². The quantitative estimate of drug-likeness (QED) is 0.524. The molecule has 6 heteroatoms. The highest BCUT2D eigenvalue weighted by molar-refractivity contribution is 7.92. The summed E-state index contributed by atoms with van der Waals surface area (Å²) in [5.74, 6) is -1.76. The van der Waals surface area contributed by atoms with Crippen molar-refractivity contribution in [1.82, 2.24) is 0 Å².